The van der Waals surface area contributed by atoms with Crippen molar-refractivity contribution in [3.8, 4) is 0 Å². The Bertz CT molecular complexity index is 1320. The second kappa shape index (κ2) is 13.6. The number of carbonyl (C=O) groups excluding carboxylic acids is 1. The van der Waals surface area contributed by atoms with E-state index in [0.29, 0.717) is 17.2 Å². The summed E-state index contributed by atoms with van der Waals surface area (Å²) in [5.41, 5.74) is 3.53. The quantitative estimate of drug-likeness (QED) is 0.295. The van der Waals surface area contributed by atoms with Crippen LogP contribution in [0.4, 0.5) is 5.13 Å². The molecule has 11 heteroatoms. The van der Waals surface area contributed by atoms with Crippen LogP contribution < -0.4 is 4.90 Å². The summed E-state index contributed by atoms with van der Waals surface area (Å²) in [5, 5.41) is 0.638. The van der Waals surface area contributed by atoms with E-state index < -0.39 is 10.0 Å². The van der Waals surface area contributed by atoms with Crippen molar-refractivity contribution in [2.24, 2.45) is 0 Å². The van der Waals surface area contributed by atoms with Crippen LogP contribution in [0.1, 0.15) is 27.9 Å². The molecule has 2 aromatic carbocycles. The number of sulfonamides is 1. The van der Waals surface area contributed by atoms with Crippen LogP contribution in [0.15, 0.2) is 41.3 Å². The van der Waals surface area contributed by atoms with Gasteiger partial charge in [-0.15, -0.1) is 0 Å². The van der Waals surface area contributed by atoms with Crippen LogP contribution in [0.2, 0.25) is 0 Å². The molecule has 1 heterocycles. The van der Waals surface area contributed by atoms with Gasteiger partial charge >= 0.3 is 0 Å². The summed E-state index contributed by atoms with van der Waals surface area (Å²) in [4.78, 5) is 22.4. The van der Waals surface area contributed by atoms with Gasteiger partial charge in [0.1, 0.15) is 0 Å². The molecule has 0 aliphatic rings. The van der Waals surface area contributed by atoms with Gasteiger partial charge in [-0.05, 0) is 82.4 Å². The molecule has 3 aromatic rings. The van der Waals surface area contributed by atoms with Crippen LogP contribution in [-0.4, -0.2) is 96.2 Å². The van der Waals surface area contributed by atoms with Gasteiger partial charge in [0.15, 0.2) is 5.13 Å². The fourth-order valence-corrected chi connectivity index (χ4v) is 6.57. The maximum Gasteiger partial charge on any atom is 0.260 e. The SMILES string of the molecule is COCCN(CCOC)S(=O)(=O)c1ccc(C(=O)N(CCCN(C)C)c2nc3cc(C)cc(C)c3s2)cc1. The van der Waals surface area contributed by atoms with Gasteiger partial charge in [0, 0.05) is 39.4 Å². The number of amides is 1. The fraction of sp³-hybridized carbons (Fsp3) is 0.481. The van der Waals surface area contributed by atoms with E-state index in [2.05, 4.69) is 17.9 Å². The van der Waals surface area contributed by atoms with Gasteiger partial charge in [0.25, 0.3) is 5.91 Å². The number of thiazole rings is 1. The van der Waals surface area contributed by atoms with Crippen LogP contribution in [0.5, 0.6) is 0 Å². The Morgan fingerprint density at radius 1 is 0.947 bits per heavy atom. The summed E-state index contributed by atoms with van der Waals surface area (Å²) < 4.78 is 39.1. The summed E-state index contributed by atoms with van der Waals surface area (Å²) in [6.45, 7) is 6.35. The Morgan fingerprint density at radius 3 is 2.16 bits per heavy atom. The predicted molar refractivity (Wildman–Crippen MR) is 153 cm³/mol. The lowest BCUT2D eigenvalue weighted by Crippen LogP contribution is -2.36. The molecule has 0 radical (unpaired) electrons. The number of carbonyl (C=O) groups is 1. The average Bonchev–Trinajstić information content (AvgIpc) is 3.30. The third-order valence-corrected chi connectivity index (χ3v) is 9.24. The van der Waals surface area contributed by atoms with E-state index in [1.807, 2.05) is 27.1 Å². The molecule has 0 N–H and O–H groups in total. The molecule has 208 valence electrons. The number of aromatic nitrogens is 1. The summed E-state index contributed by atoms with van der Waals surface area (Å²) in [6.07, 6.45) is 0.771. The van der Waals surface area contributed by atoms with E-state index in [1.54, 1.807) is 17.0 Å². The van der Waals surface area contributed by atoms with Crippen molar-refractivity contribution in [2.75, 3.05) is 72.6 Å². The van der Waals surface area contributed by atoms with Gasteiger partial charge in [-0.1, -0.05) is 17.4 Å². The number of ether oxygens (including phenoxy) is 2. The molecule has 0 spiro atoms. The van der Waals surface area contributed by atoms with Gasteiger partial charge in [-0.25, -0.2) is 13.4 Å². The normalized spacial score (nSPS) is 12.1. The first kappa shape index (κ1) is 30.1. The lowest BCUT2D eigenvalue weighted by atomic mass is 10.1. The standard InChI is InChI=1S/C27H38N4O5S2/c1-20-18-21(2)25-24(19-20)28-27(37-25)31(13-7-12-29(3)4)26(32)22-8-10-23(11-9-22)38(33,34)30(14-16-35-5)15-17-36-6/h8-11,18-19H,7,12-17H2,1-6H3. The minimum Gasteiger partial charge on any atom is -0.383 e. The zero-order valence-electron chi connectivity index (χ0n) is 23.1. The molecular weight excluding hydrogens is 524 g/mol. The number of rotatable bonds is 14. The molecule has 1 amide bonds. The highest BCUT2D eigenvalue weighted by atomic mass is 32.2. The number of nitrogens with zero attached hydrogens (tertiary/aromatic N) is 4. The fourth-order valence-electron chi connectivity index (χ4n) is 4.12. The first-order valence-corrected chi connectivity index (χ1v) is 14.8. The number of methoxy groups -OCH3 is 2. The Labute approximate surface area is 230 Å². The molecule has 0 aliphatic carbocycles. The monoisotopic (exact) mass is 562 g/mol. The highest BCUT2D eigenvalue weighted by Crippen LogP contribution is 2.33. The Morgan fingerprint density at radius 2 is 1.58 bits per heavy atom. The maximum absolute atomic E-state index is 13.7. The lowest BCUT2D eigenvalue weighted by Gasteiger charge is -2.22. The number of hydrogen-bond acceptors (Lipinski definition) is 8. The van der Waals surface area contributed by atoms with E-state index in [4.69, 9.17) is 14.5 Å². The third-order valence-electron chi connectivity index (χ3n) is 6.10. The minimum atomic E-state index is -3.78. The van der Waals surface area contributed by atoms with Gasteiger partial charge in [0.05, 0.1) is 28.3 Å². The Hall–Kier alpha value is -2.41. The van der Waals surface area contributed by atoms with E-state index in [-0.39, 0.29) is 37.1 Å². The number of hydrogen-bond donors (Lipinski definition) is 0. The molecule has 0 aliphatic heterocycles. The van der Waals surface area contributed by atoms with Crippen molar-refractivity contribution in [3.05, 3.63) is 53.1 Å². The first-order chi connectivity index (χ1) is 18.1. The van der Waals surface area contributed by atoms with Crippen molar-refractivity contribution < 1.29 is 22.7 Å². The molecule has 38 heavy (non-hydrogen) atoms. The summed E-state index contributed by atoms with van der Waals surface area (Å²) in [7, 11) is 3.27. The topological polar surface area (TPSA) is 92.3 Å². The second-order valence-electron chi connectivity index (χ2n) is 9.45. The number of anilines is 1. The van der Waals surface area contributed by atoms with Crippen molar-refractivity contribution in [1.82, 2.24) is 14.2 Å². The van der Waals surface area contributed by atoms with Crippen LogP contribution in [0.3, 0.4) is 0 Å². The Balaban J connectivity index is 1.91. The van der Waals surface area contributed by atoms with E-state index >= 15 is 0 Å². The third kappa shape index (κ3) is 7.37. The predicted octanol–water partition coefficient (Wildman–Crippen LogP) is 3.80. The maximum atomic E-state index is 13.7. The number of fused-ring (bicyclic) bond motifs is 1. The zero-order valence-corrected chi connectivity index (χ0v) is 24.7. The summed E-state index contributed by atoms with van der Waals surface area (Å²) in [5.74, 6) is -0.211. The van der Waals surface area contributed by atoms with Gasteiger partial charge in [-0.3, -0.25) is 9.69 Å². The molecule has 0 fully saturated rings. The second-order valence-corrected chi connectivity index (χ2v) is 12.4. The van der Waals surface area contributed by atoms with Crippen LogP contribution in [-0.2, 0) is 19.5 Å². The highest BCUT2D eigenvalue weighted by Gasteiger charge is 2.26. The van der Waals surface area contributed by atoms with Crippen LogP contribution >= 0.6 is 11.3 Å². The van der Waals surface area contributed by atoms with E-state index in [0.717, 1.165) is 34.3 Å². The highest BCUT2D eigenvalue weighted by molar-refractivity contribution is 7.89. The average molecular weight is 563 g/mol. The van der Waals surface area contributed by atoms with Gasteiger partial charge < -0.3 is 14.4 Å². The zero-order chi connectivity index (χ0) is 27.9. The first-order valence-electron chi connectivity index (χ1n) is 12.5. The van der Waals surface area contributed by atoms with Gasteiger partial charge in [0.2, 0.25) is 10.0 Å². The Kier molecular flexibility index (Phi) is 10.8. The lowest BCUT2D eigenvalue weighted by molar-refractivity contribution is 0.0986. The largest absolute Gasteiger partial charge is 0.383 e. The van der Waals surface area contributed by atoms with Crippen molar-refractivity contribution in [2.45, 2.75) is 25.2 Å². The minimum absolute atomic E-state index is 0.117. The summed E-state index contributed by atoms with van der Waals surface area (Å²) >= 11 is 1.50. The van der Waals surface area contributed by atoms with Crippen molar-refractivity contribution >= 4 is 42.6 Å². The van der Waals surface area contributed by atoms with Crippen molar-refractivity contribution in [1.29, 1.82) is 0 Å². The molecule has 0 saturated carbocycles. The van der Waals surface area contributed by atoms with Crippen LogP contribution in [0.25, 0.3) is 10.2 Å². The molecule has 0 bridgehead atoms. The molecular formula is C27H38N4O5S2. The van der Waals surface area contributed by atoms with Gasteiger partial charge in [-0.2, -0.15) is 4.31 Å². The number of aryl methyl sites for hydroxylation is 2. The smallest absolute Gasteiger partial charge is 0.260 e. The number of benzene rings is 2. The van der Waals surface area contributed by atoms with E-state index in [9.17, 15) is 13.2 Å². The van der Waals surface area contributed by atoms with E-state index in [1.165, 1.54) is 42.0 Å². The molecule has 1 aromatic heterocycles. The van der Waals surface area contributed by atoms with Crippen molar-refractivity contribution in [3.63, 3.8) is 0 Å². The summed E-state index contributed by atoms with van der Waals surface area (Å²) in [6, 6.07) is 10.3. The molecule has 9 nitrogen and oxygen atoms in total. The molecule has 0 saturated heterocycles. The molecule has 3 rings (SSSR count). The molecule has 0 atom stereocenters. The molecule has 0 unspecified atom stereocenters. The van der Waals surface area contributed by atoms with Crippen LogP contribution in [0, 0.1) is 13.8 Å².